The maximum absolute atomic E-state index is 13.5. The number of aromatic amines is 1. The number of methoxy groups -OCH3 is 2. The maximum atomic E-state index is 13.5. The van der Waals surface area contributed by atoms with E-state index in [1.54, 1.807) is 6.08 Å². The third-order valence-electron chi connectivity index (χ3n) is 28.7. The van der Waals surface area contributed by atoms with Crippen molar-refractivity contribution in [2.24, 2.45) is 33.0 Å². The van der Waals surface area contributed by atoms with Crippen molar-refractivity contribution in [2.45, 2.75) is 188 Å². The Hall–Kier alpha value is -11.3. The zero-order chi connectivity index (χ0) is 83.4. The molecular formula is C105H112N4O7. The van der Waals surface area contributed by atoms with Crippen molar-refractivity contribution in [2.75, 3.05) is 14.2 Å². The van der Waals surface area contributed by atoms with Gasteiger partial charge in [0.1, 0.15) is 0 Å². The monoisotopic (exact) mass is 1540 g/mol. The standard InChI is InChI=1S/C28H31NO2.C27H29NO2.C26H27NO2.C24H25NO/c1-15-10-20-12-22(13-21(20)11-16(15)2)28(14-24(28)27(30)31-7)25-18(4)17(3)19(5)26-23(25)8-9-29(26)6;1-15-10-20-12-22(13-21(20)11-16(15)2)24(14-25(29)30-7)26-18(4)17(3)19(5)27-23(26)8-9-28(27)6;1-13-8-18-10-20(11-19(18)9-14(13)2)26(12-22(26)25(28)29)23-16(4)15(3)17(5)24-21(23)6-7-27-24;1-13-9-18-11-20(12-19(18)10-14(13)2)24(26)22-16(4)15(3)17(5)23-21(22)7-8-25(23)6/h8-12,24H,13-14H2,1-7H3;8-12,14H,13H2,1-7H3;6-10,22,27H,11-12H2,1-5H3,(H,28,29);7-11H,12H2,1-6H3. The number of carboxylic acids is 1. The molecule has 116 heavy (non-hydrogen) atoms. The van der Waals surface area contributed by atoms with Crippen molar-refractivity contribution in [3.63, 3.8) is 0 Å². The lowest BCUT2D eigenvalue weighted by molar-refractivity contribution is -0.142. The third kappa shape index (κ3) is 12.8. The summed E-state index contributed by atoms with van der Waals surface area (Å²) in [7, 11) is 9.19. The smallest absolute Gasteiger partial charge is 0.331 e. The second-order valence-electron chi connectivity index (χ2n) is 35.0. The first kappa shape index (κ1) is 79.9. The van der Waals surface area contributed by atoms with E-state index in [-0.39, 0.29) is 35.0 Å². The summed E-state index contributed by atoms with van der Waals surface area (Å²) in [5, 5.41) is 14.7. The number of nitrogens with zero attached hydrogens (tertiary/aromatic N) is 3. The van der Waals surface area contributed by atoms with Gasteiger partial charge in [0.2, 0.25) is 0 Å². The van der Waals surface area contributed by atoms with Gasteiger partial charge in [-0.3, -0.25) is 14.4 Å². The predicted molar refractivity (Wildman–Crippen MR) is 478 cm³/mol. The quantitative estimate of drug-likeness (QED) is 0.0747. The molecule has 8 aromatic carbocycles. The van der Waals surface area contributed by atoms with Crippen LogP contribution in [0.25, 0.3) is 73.5 Å². The number of ketones is 1. The molecule has 0 saturated heterocycles. The summed E-state index contributed by atoms with van der Waals surface area (Å²) in [5.74, 6) is -1.40. The molecule has 6 aliphatic carbocycles. The molecule has 0 aliphatic heterocycles. The van der Waals surface area contributed by atoms with Crippen LogP contribution in [0.15, 0.2) is 126 Å². The highest BCUT2D eigenvalue weighted by Gasteiger charge is 2.65. The summed E-state index contributed by atoms with van der Waals surface area (Å²) >= 11 is 0. The van der Waals surface area contributed by atoms with Gasteiger partial charge in [0.05, 0.1) is 42.6 Å². The van der Waals surface area contributed by atoms with Gasteiger partial charge in [-0.1, -0.05) is 77.9 Å². The molecule has 0 spiro atoms. The first-order valence-electron chi connectivity index (χ1n) is 41.1. The van der Waals surface area contributed by atoms with E-state index in [1.807, 2.05) is 6.20 Å². The summed E-state index contributed by atoms with van der Waals surface area (Å²) in [6.45, 7) is 43.2. The molecule has 0 radical (unpaired) electrons. The zero-order valence-electron chi connectivity index (χ0n) is 72.8. The van der Waals surface area contributed by atoms with E-state index in [1.165, 1.54) is 219 Å². The number of benzene rings is 8. The second-order valence-corrected chi connectivity index (χ2v) is 35.0. The van der Waals surface area contributed by atoms with E-state index < -0.39 is 11.4 Å². The minimum absolute atomic E-state index is 0.0917. The lowest BCUT2D eigenvalue weighted by Gasteiger charge is -2.26. The lowest BCUT2D eigenvalue weighted by atomic mass is 9.78. The molecule has 4 atom stereocenters. The Morgan fingerprint density at radius 3 is 1.23 bits per heavy atom. The molecule has 0 amide bonds. The van der Waals surface area contributed by atoms with Crippen molar-refractivity contribution in [3.05, 3.63) is 304 Å². The van der Waals surface area contributed by atoms with Crippen LogP contribution in [0.4, 0.5) is 0 Å². The fraction of sp³-hybridized carbons (Fsp3) is 0.333. The van der Waals surface area contributed by atoms with E-state index in [2.05, 4.69) is 294 Å². The first-order valence-corrected chi connectivity index (χ1v) is 41.1. The van der Waals surface area contributed by atoms with Crippen LogP contribution in [-0.4, -0.2) is 61.7 Å². The average molecular weight is 1540 g/mol. The van der Waals surface area contributed by atoms with Gasteiger partial charge in [-0.05, 0) is 385 Å². The van der Waals surface area contributed by atoms with Crippen LogP contribution >= 0.6 is 0 Å². The van der Waals surface area contributed by atoms with Crippen LogP contribution in [0.3, 0.4) is 0 Å². The number of hydrogen-bond donors (Lipinski definition) is 2. The highest BCUT2D eigenvalue weighted by molar-refractivity contribution is 6.20. The number of rotatable bonds is 11. The topological polar surface area (TPSA) is 138 Å². The van der Waals surface area contributed by atoms with Gasteiger partial charge in [0, 0.05) is 107 Å². The van der Waals surface area contributed by atoms with E-state index in [0.717, 1.165) is 76.4 Å². The minimum Gasteiger partial charge on any atom is -0.481 e. The fourth-order valence-electron chi connectivity index (χ4n) is 20.6. The summed E-state index contributed by atoms with van der Waals surface area (Å²) in [5.41, 5.74) is 50.0. The molecule has 6 aliphatic rings. The molecule has 18 rings (SSSR count). The number of hydrogen-bond acceptors (Lipinski definition) is 6. The van der Waals surface area contributed by atoms with Crippen molar-refractivity contribution in [1.29, 1.82) is 0 Å². The largest absolute Gasteiger partial charge is 0.481 e. The van der Waals surface area contributed by atoms with Gasteiger partial charge in [-0.25, -0.2) is 4.79 Å². The van der Waals surface area contributed by atoms with Crippen LogP contribution in [0.1, 0.15) is 196 Å². The Balaban J connectivity index is 0.000000122. The summed E-state index contributed by atoms with van der Waals surface area (Å²) in [6, 6.07) is 26.7. The Labute approximate surface area is 684 Å². The van der Waals surface area contributed by atoms with E-state index in [4.69, 9.17) is 9.47 Å². The number of fused-ring (bicyclic) bond motifs is 8. The number of nitrogens with one attached hydrogen (secondary N) is 1. The number of carbonyl (C=O) groups is 4. The molecule has 12 aromatic rings. The number of aliphatic carboxylic acids is 1. The Morgan fingerprint density at radius 1 is 0.405 bits per heavy atom. The van der Waals surface area contributed by atoms with Crippen LogP contribution in [0.5, 0.6) is 0 Å². The van der Waals surface area contributed by atoms with E-state index in [0.29, 0.717) is 6.42 Å². The number of ether oxygens (including phenoxy) is 2. The highest BCUT2D eigenvalue weighted by atomic mass is 16.5. The van der Waals surface area contributed by atoms with E-state index in [9.17, 15) is 24.3 Å². The van der Waals surface area contributed by atoms with Crippen molar-refractivity contribution >= 4 is 97.2 Å². The second kappa shape index (κ2) is 29.5. The number of carboxylic acid groups (broad SMARTS) is 1. The minimum atomic E-state index is -0.685. The summed E-state index contributed by atoms with van der Waals surface area (Å²) < 4.78 is 16.8. The van der Waals surface area contributed by atoms with E-state index >= 15 is 0 Å². The SMILES string of the molecule is COC(=O)C1CC1(C1=Cc2cc(C)c(C)cc2C1)c1c(C)c(C)c(C)c2c1ccn2C.COC(=O)C=C(C1=Cc2cc(C)c(C)cc2C1)c1c(C)c(C)c(C)c2c1ccn2C.Cc1cc2c(cc1C)CC(C(=O)c1c(C)c(C)c(C)c3c1ccn3C)=C2.Cc1cc2c(cc1C)CC(C1(c3c(C)c(C)c(C)c4[nH]ccc34)CC1C(=O)O)=C2. The summed E-state index contributed by atoms with van der Waals surface area (Å²) in [4.78, 5) is 54.4. The Kier molecular flexibility index (Phi) is 20.3. The number of aryl methyl sites for hydroxylation is 15. The molecule has 594 valence electrons. The number of allylic oxidation sites excluding steroid dienone is 5. The van der Waals surface area contributed by atoms with Crippen molar-refractivity contribution < 1.29 is 33.8 Å². The van der Waals surface area contributed by atoms with Gasteiger partial charge >= 0.3 is 17.9 Å². The zero-order valence-corrected chi connectivity index (χ0v) is 72.8. The number of aromatic nitrogens is 4. The average Bonchev–Trinajstić information content (AvgIpc) is 1.52. The number of esters is 2. The van der Waals surface area contributed by atoms with Crippen molar-refractivity contribution in [1.82, 2.24) is 18.7 Å². The normalized spacial score (nSPS) is 18.0. The molecule has 4 heterocycles. The highest BCUT2D eigenvalue weighted by Crippen LogP contribution is 2.66. The number of H-pyrrole nitrogens is 1. The van der Waals surface area contributed by atoms with Crippen LogP contribution < -0.4 is 0 Å². The third-order valence-corrected chi connectivity index (χ3v) is 28.7. The van der Waals surface area contributed by atoms with Gasteiger partial charge in [0.25, 0.3) is 0 Å². The molecule has 4 unspecified atom stereocenters. The maximum Gasteiger partial charge on any atom is 0.331 e. The molecule has 2 saturated carbocycles. The molecule has 11 nitrogen and oxygen atoms in total. The summed E-state index contributed by atoms with van der Waals surface area (Å²) in [6.07, 6.45) is 23.7. The molecule has 11 heteroatoms. The van der Waals surface area contributed by atoms with Gasteiger partial charge in [0.15, 0.2) is 5.78 Å². The molecule has 2 fully saturated rings. The fourth-order valence-corrected chi connectivity index (χ4v) is 20.6. The molecule has 4 aromatic heterocycles. The van der Waals surface area contributed by atoms with Gasteiger partial charge in [-0.2, -0.15) is 0 Å². The molecule has 2 N–H and O–H groups in total. The lowest BCUT2D eigenvalue weighted by Crippen LogP contribution is -2.21. The Bertz CT molecular complexity index is 6500. The number of carbonyl (C=O) groups excluding carboxylic acids is 3. The van der Waals surface area contributed by atoms with Crippen LogP contribution in [0, 0.1) is 150 Å². The number of Topliss-reactive ketones (excluding diaryl/α,β-unsaturated/α-hetero) is 1. The van der Waals surface area contributed by atoms with Crippen LogP contribution in [0.2, 0.25) is 0 Å². The molecule has 0 bridgehead atoms. The Morgan fingerprint density at radius 2 is 0.776 bits per heavy atom. The van der Waals surface area contributed by atoms with Crippen LogP contribution in [-0.2, 0) is 81.5 Å². The molecular weight excluding hydrogens is 1430 g/mol. The van der Waals surface area contributed by atoms with Gasteiger partial charge in [-0.15, -0.1) is 0 Å². The van der Waals surface area contributed by atoms with Gasteiger partial charge < -0.3 is 33.3 Å². The van der Waals surface area contributed by atoms with Crippen molar-refractivity contribution in [3.8, 4) is 0 Å². The predicted octanol–water partition coefficient (Wildman–Crippen LogP) is 22.9. The first-order chi connectivity index (χ1) is 55.0.